The number of nitrogens with zero attached hydrogens (tertiary/aromatic N) is 4. The lowest BCUT2D eigenvalue weighted by Gasteiger charge is -2.35. The Labute approximate surface area is 154 Å². The molecule has 0 unspecified atom stereocenters. The molecule has 0 bridgehead atoms. The van der Waals surface area contributed by atoms with Crippen LogP contribution in [0.3, 0.4) is 0 Å². The second-order valence-electron chi connectivity index (χ2n) is 6.95. The molecule has 134 valence electrons. The summed E-state index contributed by atoms with van der Waals surface area (Å²) in [6.07, 6.45) is 1.64. The topological polar surface area (TPSA) is 44.3 Å². The zero-order chi connectivity index (χ0) is 17.8. The van der Waals surface area contributed by atoms with E-state index >= 15 is 0 Å². The van der Waals surface area contributed by atoms with Crippen LogP contribution in [-0.2, 0) is 0 Å². The van der Waals surface area contributed by atoms with E-state index in [9.17, 15) is 0 Å². The van der Waals surface area contributed by atoms with Gasteiger partial charge in [0.05, 0.1) is 11.6 Å². The van der Waals surface area contributed by atoms with Gasteiger partial charge in [-0.15, -0.1) is 0 Å². The minimum atomic E-state index is 0.193. The van der Waals surface area contributed by atoms with Crippen LogP contribution < -0.4 is 5.32 Å². The van der Waals surface area contributed by atoms with Crippen molar-refractivity contribution >= 4 is 16.7 Å². The number of hydrogen-bond acceptors (Lipinski definition) is 5. The van der Waals surface area contributed by atoms with Crippen LogP contribution in [-0.4, -0.2) is 59.5 Å². The molecule has 4 rings (SSSR count). The van der Waals surface area contributed by atoms with Crippen molar-refractivity contribution in [1.29, 1.82) is 0 Å². The van der Waals surface area contributed by atoms with Crippen molar-refractivity contribution in [1.82, 2.24) is 19.8 Å². The average molecular weight is 347 g/mol. The maximum Gasteiger partial charge on any atom is 0.137 e. The van der Waals surface area contributed by atoms with Crippen molar-refractivity contribution in [2.45, 2.75) is 6.04 Å². The van der Waals surface area contributed by atoms with Crippen molar-refractivity contribution in [2.24, 2.45) is 0 Å². The highest BCUT2D eigenvalue weighted by molar-refractivity contribution is 5.88. The molecule has 5 heteroatoms. The third-order valence-electron chi connectivity index (χ3n) is 5.09. The largest absolute Gasteiger partial charge is 0.361 e. The van der Waals surface area contributed by atoms with Gasteiger partial charge in [0.15, 0.2) is 0 Å². The molecular formula is C21H25N5. The van der Waals surface area contributed by atoms with Gasteiger partial charge in [0.1, 0.15) is 12.1 Å². The van der Waals surface area contributed by atoms with Gasteiger partial charge in [0, 0.05) is 38.1 Å². The molecule has 1 saturated heterocycles. The second kappa shape index (κ2) is 7.81. The SMILES string of the molecule is CN1CCN(C[C@H](Nc2ncnc3ccccc23)c2ccccc2)CC1. The molecule has 1 aliphatic heterocycles. The predicted molar refractivity (Wildman–Crippen MR) is 106 cm³/mol. The van der Waals surface area contributed by atoms with Crippen LogP contribution in [0.4, 0.5) is 5.82 Å². The molecule has 1 fully saturated rings. The van der Waals surface area contributed by atoms with E-state index in [0.29, 0.717) is 0 Å². The third kappa shape index (κ3) is 3.84. The molecule has 3 aromatic rings. The van der Waals surface area contributed by atoms with Crippen LogP contribution >= 0.6 is 0 Å². The van der Waals surface area contributed by atoms with E-state index in [1.807, 2.05) is 18.2 Å². The molecule has 1 aromatic heterocycles. The number of piperazine rings is 1. The van der Waals surface area contributed by atoms with E-state index in [1.54, 1.807) is 6.33 Å². The number of rotatable bonds is 5. The molecule has 1 atom stereocenters. The maximum absolute atomic E-state index is 4.53. The number of nitrogens with one attached hydrogen (secondary N) is 1. The number of likely N-dealkylation sites (N-methyl/N-ethyl adjacent to an activating group) is 1. The normalized spacial score (nSPS) is 17.3. The molecule has 2 heterocycles. The Bertz CT molecular complexity index is 838. The van der Waals surface area contributed by atoms with Crippen molar-refractivity contribution in [3.8, 4) is 0 Å². The summed E-state index contributed by atoms with van der Waals surface area (Å²) in [4.78, 5) is 13.8. The molecule has 5 nitrogen and oxygen atoms in total. The lowest BCUT2D eigenvalue weighted by molar-refractivity contribution is 0.149. The standard InChI is InChI=1S/C21H25N5/c1-25-11-13-26(14-12-25)15-20(17-7-3-2-4-8-17)24-21-18-9-5-6-10-19(18)22-16-23-21/h2-10,16,20H,11-15H2,1H3,(H,22,23,24)/t20-/m0/s1. The first-order chi connectivity index (χ1) is 12.8. The molecule has 0 aliphatic carbocycles. The molecule has 0 amide bonds. The molecule has 0 radical (unpaired) electrons. The molecule has 1 aliphatic rings. The first kappa shape index (κ1) is 16.9. The zero-order valence-electron chi connectivity index (χ0n) is 15.2. The van der Waals surface area contributed by atoms with Gasteiger partial charge in [-0.05, 0) is 24.7 Å². The van der Waals surface area contributed by atoms with Gasteiger partial charge in [-0.1, -0.05) is 42.5 Å². The highest BCUT2D eigenvalue weighted by atomic mass is 15.3. The van der Waals surface area contributed by atoms with Crippen LogP contribution in [0.5, 0.6) is 0 Å². The Morgan fingerprint density at radius 2 is 1.65 bits per heavy atom. The van der Waals surface area contributed by atoms with Crippen molar-refractivity contribution < 1.29 is 0 Å². The minimum absolute atomic E-state index is 0.193. The summed E-state index contributed by atoms with van der Waals surface area (Å²) in [6.45, 7) is 5.42. The van der Waals surface area contributed by atoms with Crippen LogP contribution in [0.25, 0.3) is 10.9 Å². The van der Waals surface area contributed by atoms with Crippen molar-refractivity contribution in [3.63, 3.8) is 0 Å². The fraction of sp³-hybridized carbons (Fsp3) is 0.333. The molecule has 2 aromatic carbocycles. The first-order valence-corrected chi connectivity index (χ1v) is 9.22. The summed E-state index contributed by atoms with van der Waals surface area (Å²) in [5, 5.41) is 4.75. The Morgan fingerprint density at radius 3 is 2.46 bits per heavy atom. The molecular weight excluding hydrogens is 322 g/mol. The first-order valence-electron chi connectivity index (χ1n) is 9.22. The minimum Gasteiger partial charge on any atom is -0.361 e. The Morgan fingerprint density at radius 1 is 0.923 bits per heavy atom. The van der Waals surface area contributed by atoms with Gasteiger partial charge in [0.2, 0.25) is 0 Å². The lowest BCUT2D eigenvalue weighted by atomic mass is 10.1. The van der Waals surface area contributed by atoms with E-state index < -0.39 is 0 Å². The van der Waals surface area contributed by atoms with E-state index in [1.165, 1.54) is 5.56 Å². The van der Waals surface area contributed by atoms with Gasteiger partial charge in [0.25, 0.3) is 0 Å². The average Bonchev–Trinajstić information content (AvgIpc) is 2.70. The van der Waals surface area contributed by atoms with E-state index in [4.69, 9.17) is 0 Å². The summed E-state index contributed by atoms with van der Waals surface area (Å²) in [5.41, 5.74) is 2.26. The second-order valence-corrected chi connectivity index (χ2v) is 6.95. The summed E-state index contributed by atoms with van der Waals surface area (Å²) in [5.74, 6) is 0.901. The van der Waals surface area contributed by atoms with Crippen LogP contribution in [0.1, 0.15) is 11.6 Å². The zero-order valence-corrected chi connectivity index (χ0v) is 15.2. The molecule has 0 saturated carbocycles. The number of aromatic nitrogens is 2. The highest BCUT2D eigenvalue weighted by Crippen LogP contribution is 2.25. The smallest absolute Gasteiger partial charge is 0.137 e. The Balaban J connectivity index is 1.60. The third-order valence-corrected chi connectivity index (χ3v) is 5.09. The van der Waals surface area contributed by atoms with Gasteiger partial charge < -0.3 is 10.2 Å². The van der Waals surface area contributed by atoms with Crippen LogP contribution in [0.15, 0.2) is 60.9 Å². The summed E-state index contributed by atoms with van der Waals surface area (Å²) in [6, 6.07) is 19.0. The monoisotopic (exact) mass is 347 g/mol. The van der Waals surface area contributed by atoms with E-state index in [-0.39, 0.29) is 6.04 Å². The lowest BCUT2D eigenvalue weighted by Crippen LogP contribution is -2.46. The Hall–Kier alpha value is -2.50. The van der Waals surface area contributed by atoms with Crippen molar-refractivity contribution in [3.05, 3.63) is 66.5 Å². The highest BCUT2D eigenvalue weighted by Gasteiger charge is 2.20. The molecule has 0 spiro atoms. The summed E-state index contributed by atoms with van der Waals surface area (Å²) >= 11 is 0. The summed E-state index contributed by atoms with van der Waals surface area (Å²) < 4.78 is 0. The number of benzene rings is 2. The molecule has 26 heavy (non-hydrogen) atoms. The van der Waals surface area contributed by atoms with Gasteiger partial charge >= 0.3 is 0 Å². The number of hydrogen-bond donors (Lipinski definition) is 1. The van der Waals surface area contributed by atoms with Crippen LogP contribution in [0.2, 0.25) is 0 Å². The number of fused-ring (bicyclic) bond motifs is 1. The molecule has 1 N–H and O–H groups in total. The van der Waals surface area contributed by atoms with Gasteiger partial charge in [-0.2, -0.15) is 0 Å². The maximum atomic E-state index is 4.53. The van der Waals surface area contributed by atoms with E-state index in [0.717, 1.165) is 49.4 Å². The summed E-state index contributed by atoms with van der Waals surface area (Å²) in [7, 11) is 2.19. The fourth-order valence-corrected chi connectivity index (χ4v) is 3.49. The Kier molecular flexibility index (Phi) is 5.09. The van der Waals surface area contributed by atoms with Crippen LogP contribution in [0, 0.1) is 0 Å². The number of para-hydroxylation sites is 1. The van der Waals surface area contributed by atoms with Gasteiger partial charge in [-0.25, -0.2) is 9.97 Å². The van der Waals surface area contributed by atoms with Gasteiger partial charge in [-0.3, -0.25) is 4.90 Å². The quantitative estimate of drug-likeness (QED) is 0.769. The number of anilines is 1. The van der Waals surface area contributed by atoms with E-state index in [2.05, 4.69) is 68.5 Å². The predicted octanol–water partition coefficient (Wildman–Crippen LogP) is 3.03. The van der Waals surface area contributed by atoms with Crippen molar-refractivity contribution in [2.75, 3.05) is 45.1 Å². The fourth-order valence-electron chi connectivity index (χ4n) is 3.49.